The third-order valence-corrected chi connectivity index (χ3v) is 6.16. The fourth-order valence-corrected chi connectivity index (χ4v) is 4.18. The molecule has 0 unspecified atom stereocenters. The molecule has 0 aliphatic carbocycles. The van der Waals surface area contributed by atoms with Crippen molar-refractivity contribution in [2.75, 3.05) is 39.3 Å². The Kier molecular flexibility index (Phi) is 7.58. The van der Waals surface area contributed by atoms with E-state index in [1.807, 2.05) is 4.90 Å². The maximum Gasteiger partial charge on any atom is 0.254 e. The Morgan fingerprint density at radius 1 is 1.07 bits per heavy atom. The second-order valence-corrected chi connectivity index (χ2v) is 8.44. The van der Waals surface area contributed by atoms with Crippen LogP contribution in [0.2, 0.25) is 0 Å². The van der Waals surface area contributed by atoms with E-state index in [0.29, 0.717) is 12.0 Å². The number of carbonyl (C=O) groups excluding carboxylic acids is 2. The predicted molar refractivity (Wildman–Crippen MR) is 107 cm³/mol. The highest BCUT2D eigenvalue weighted by molar-refractivity contribution is 5.94. The smallest absolute Gasteiger partial charge is 0.254 e. The standard InChI is InChI=1S/C22H31F2N3O2/c1-16-5-10-26(11-6-16)15-17-7-12-27(13-8-17)21(28)4-9-25-22(29)19-3-2-18(23)14-20(19)24/h2-3,14,16-17H,4-13,15H2,1H3,(H,25,29). The van der Waals surface area contributed by atoms with E-state index < -0.39 is 17.5 Å². The molecule has 0 bridgehead atoms. The molecule has 160 valence electrons. The van der Waals surface area contributed by atoms with Gasteiger partial charge in [-0.3, -0.25) is 9.59 Å². The van der Waals surface area contributed by atoms with Crippen LogP contribution >= 0.6 is 0 Å². The van der Waals surface area contributed by atoms with E-state index in [1.54, 1.807) is 0 Å². The lowest BCUT2D eigenvalue weighted by molar-refractivity contribution is -0.132. The topological polar surface area (TPSA) is 52.6 Å². The summed E-state index contributed by atoms with van der Waals surface area (Å²) in [4.78, 5) is 28.8. The molecule has 0 saturated carbocycles. The van der Waals surface area contributed by atoms with Gasteiger partial charge in [0.05, 0.1) is 5.56 Å². The minimum absolute atomic E-state index is 0.00938. The Morgan fingerprint density at radius 2 is 1.76 bits per heavy atom. The van der Waals surface area contributed by atoms with Crippen molar-refractivity contribution in [2.45, 2.75) is 39.0 Å². The van der Waals surface area contributed by atoms with E-state index in [1.165, 1.54) is 25.9 Å². The number of amides is 2. The molecular weight excluding hydrogens is 376 g/mol. The number of carbonyl (C=O) groups is 2. The van der Waals surface area contributed by atoms with Crippen molar-refractivity contribution >= 4 is 11.8 Å². The van der Waals surface area contributed by atoms with E-state index in [9.17, 15) is 18.4 Å². The fourth-order valence-electron chi connectivity index (χ4n) is 4.18. The molecule has 0 spiro atoms. The lowest BCUT2D eigenvalue weighted by atomic mass is 9.93. The van der Waals surface area contributed by atoms with Gasteiger partial charge in [0.1, 0.15) is 11.6 Å². The first-order valence-electron chi connectivity index (χ1n) is 10.7. The summed E-state index contributed by atoms with van der Waals surface area (Å²) in [5.41, 5.74) is -0.216. The normalized spacial score (nSPS) is 19.3. The van der Waals surface area contributed by atoms with E-state index in [2.05, 4.69) is 17.1 Å². The zero-order valence-corrected chi connectivity index (χ0v) is 17.1. The quantitative estimate of drug-likeness (QED) is 0.789. The highest BCUT2D eigenvalue weighted by Crippen LogP contribution is 2.22. The second-order valence-electron chi connectivity index (χ2n) is 8.44. The molecule has 0 atom stereocenters. The SMILES string of the molecule is CC1CCN(CC2CCN(C(=O)CCNC(=O)c3ccc(F)cc3F)CC2)CC1. The molecule has 3 rings (SSSR count). The van der Waals surface area contributed by atoms with Crippen molar-refractivity contribution in [3.63, 3.8) is 0 Å². The summed E-state index contributed by atoms with van der Waals surface area (Å²) < 4.78 is 26.5. The molecule has 1 N–H and O–H groups in total. The van der Waals surface area contributed by atoms with Crippen LogP contribution in [0.25, 0.3) is 0 Å². The minimum Gasteiger partial charge on any atom is -0.351 e. The van der Waals surface area contributed by atoms with Crippen LogP contribution in [0.1, 0.15) is 49.4 Å². The van der Waals surface area contributed by atoms with Gasteiger partial charge in [-0.15, -0.1) is 0 Å². The van der Waals surface area contributed by atoms with Crippen LogP contribution in [0.15, 0.2) is 18.2 Å². The van der Waals surface area contributed by atoms with Gasteiger partial charge in [0.25, 0.3) is 5.91 Å². The van der Waals surface area contributed by atoms with Gasteiger partial charge in [-0.25, -0.2) is 8.78 Å². The molecule has 2 amide bonds. The van der Waals surface area contributed by atoms with Gasteiger partial charge >= 0.3 is 0 Å². The summed E-state index contributed by atoms with van der Waals surface area (Å²) in [6.07, 6.45) is 4.79. The molecule has 2 heterocycles. The van der Waals surface area contributed by atoms with Crippen LogP contribution in [0, 0.1) is 23.5 Å². The van der Waals surface area contributed by atoms with Crippen LogP contribution in [0.3, 0.4) is 0 Å². The summed E-state index contributed by atoms with van der Waals surface area (Å²) in [5, 5.41) is 2.54. The number of hydrogen-bond donors (Lipinski definition) is 1. The molecule has 2 fully saturated rings. The first-order valence-corrected chi connectivity index (χ1v) is 10.7. The van der Waals surface area contributed by atoms with E-state index >= 15 is 0 Å². The van der Waals surface area contributed by atoms with Crippen LogP contribution in [0.5, 0.6) is 0 Å². The zero-order chi connectivity index (χ0) is 20.8. The Labute approximate surface area is 171 Å². The molecule has 2 saturated heterocycles. The van der Waals surface area contributed by atoms with Crippen molar-refractivity contribution in [2.24, 2.45) is 11.8 Å². The maximum atomic E-state index is 13.6. The van der Waals surface area contributed by atoms with Crippen LogP contribution in [-0.4, -0.2) is 60.9 Å². The fraction of sp³-hybridized carbons (Fsp3) is 0.636. The third kappa shape index (κ3) is 6.23. The lowest BCUT2D eigenvalue weighted by Crippen LogP contribution is -2.43. The van der Waals surface area contributed by atoms with Gasteiger partial charge in [0.15, 0.2) is 0 Å². The van der Waals surface area contributed by atoms with E-state index in [0.717, 1.165) is 50.5 Å². The number of likely N-dealkylation sites (tertiary alicyclic amines) is 2. The van der Waals surface area contributed by atoms with E-state index in [4.69, 9.17) is 0 Å². The molecule has 2 aliphatic rings. The van der Waals surface area contributed by atoms with Crippen LogP contribution < -0.4 is 5.32 Å². The summed E-state index contributed by atoms with van der Waals surface area (Å²) >= 11 is 0. The first kappa shape index (κ1) is 21.7. The number of rotatable bonds is 6. The molecule has 5 nitrogen and oxygen atoms in total. The number of nitrogens with zero attached hydrogens (tertiary/aromatic N) is 2. The zero-order valence-electron chi connectivity index (χ0n) is 17.1. The second kappa shape index (κ2) is 10.1. The number of piperidine rings is 2. The molecule has 1 aromatic carbocycles. The highest BCUT2D eigenvalue weighted by atomic mass is 19.1. The largest absolute Gasteiger partial charge is 0.351 e. The Balaban J connectivity index is 1.35. The molecule has 0 aromatic heterocycles. The minimum atomic E-state index is -0.904. The molecular formula is C22H31F2N3O2. The van der Waals surface area contributed by atoms with Crippen molar-refractivity contribution in [1.82, 2.24) is 15.1 Å². The average Bonchev–Trinajstić information content (AvgIpc) is 2.70. The summed E-state index contributed by atoms with van der Waals surface area (Å²) in [7, 11) is 0. The van der Waals surface area contributed by atoms with Gasteiger partial charge in [-0.1, -0.05) is 6.92 Å². The summed E-state index contributed by atoms with van der Waals surface area (Å²) in [5.74, 6) is -0.772. The van der Waals surface area contributed by atoms with Gasteiger partial charge in [0.2, 0.25) is 5.91 Å². The molecule has 1 aromatic rings. The molecule has 7 heteroatoms. The van der Waals surface area contributed by atoms with E-state index in [-0.39, 0.29) is 24.4 Å². The van der Waals surface area contributed by atoms with Gasteiger partial charge in [-0.05, 0) is 62.7 Å². The lowest BCUT2D eigenvalue weighted by Gasteiger charge is -2.37. The van der Waals surface area contributed by atoms with Gasteiger partial charge in [-0.2, -0.15) is 0 Å². The molecule has 0 radical (unpaired) electrons. The van der Waals surface area contributed by atoms with Crippen molar-refractivity contribution in [3.8, 4) is 0 Å². The predicted octanol–water partition coefficient (Wildman–Crippen LogP) is 3.06. The Morgan fingerprint density at radius 3 is 2.41 bits per heavy atom. The van der Waals surface area contributed by atoms with Gasteiger partial charge in [0, 0.05) is 38.7 Å². The average molecular weight is 408 g/mol. The molecule has 29 heavy (non-hydrogen) atoms. The monoisotopic (exact) mass is 407 g/mol. The maximum absolute atomic E-state index is 13.6. The van der Waals surface area contributed by atoms with Crippen molar-refractivity contribution < 1.29 is 18.4 Å². The summed E-state index contributed by atoms with van der Waals surface area (Å²) in [6.45, 7) is 7.49. The van der Waals surface area contributed by atoms with Crippen LogP contribution in [-0.2, 0) is 4.79 Å². The third-order valence-electron chi connectivity index (χ3n) is 6.16. The van der Waals surface area contributed by atoms with Crippen LogP contribution in [0.4, 0.5) is 8.78 Å². The van der Waals surface area contributed by atoms with Gasteiger partial charge < -0.3 is 15.1 Å². The number of halogens is 2. The number of hydrogen-bond acceptors (Lipinski definition) is 3. The highest BCUT2D eigenvalue weighted by Gasteiger charge is 2.25. The molecule has 2 aliphatic heterocycles. The Bertz CT molecular complexity index is 712. The van der Waals surface area contributed by atoms with Crippen molar-refractivity contribution in [1.29, 1.82) is 0 Å². The first-order chi connectivity index (χ1) is 13.9. The van der Waals surface area contributed by atoms with Crippen molar-refractivity contribution in [3.05, 3.63) is 35.4 Å². The number of benzene rings is 1. The number of nitrogens with one attached hydrogen (secondary N) is 1. The summed E-state index contributed by atoms with van der Waals surface area (Å²) in [6, 6.07) is 2.82. The Hall–Kier alpha value is -2.02.